The molecule has 0 spiro atoms. The molecule has 0 aromatic carbocycles. The number of carbonyl (C=O) groups excluding carboxylic acids is 2. The summed E-state index contributed by atoms with van der Waals surface area (Å²) in [6, 6.07) is 0. The van der Waals surface area contributed by atoms with E-state index in [1.807, 2.05) is 41.5 Å². The van der Waals surface area contributed by atoms with Crippen LogP contribution in [0.15, 0.2) is 0 Å². The van der Waals surface area contributed by atoms with Crippen LogP contribution in [0.4, 0.5) is 0 Å². The molecule has 0 fully saturated rings. The normalized spacial score (nSPS) is 12.1. The molecule has 0 rings (SSSR count). The summed E-state index contributed by atoms with van der Waals surface area (Å²) in [5.74, 6) is -3.24. The van der Waals surface area contributed by atoms with Gasteiger partial charge in [-0.25, -0.2) is 0 Å². The van der Waals surface area contributed by atoms with E-state index in [4.69, 9.17) is 18.9 Å². The zero-order valence-electron chi connectivity index (χ0n) is 15.4. The van der Waals surface area contributed by atoms with Crippen molar-refractivity contribution < 1.29 is 28.5 Å². The van der Waals surface area contributed by atoms with E-state index in [0.717, 1.165) is 0 Å². The molecule has 0 aromatic heterocycles. The maximum Gasteiger partial charge on any atom is 0.319 e. The second-order valence-corrected chi connectivity index (χ2v) is 5.23. The van der Waals surface area contributed by atoms with E-state index >= 15 is 0 Å². The lowest BCUT2D eigenvalue weighted by Crippen LogP contribution is -2.40. The summed E-state index contributed by atoms with van der Waals surface area (Å²) in [4.78, 5) is 24.1. The Balaban J connectivity index is 4.73. The molecule has 23 heavy (non-hydrogen) atoms. The number of carbonyl (C=O) groups is 2. The van der Waals surface area contributed by atoms with Crippen LogP contribution in [0.2, 0.25) is 0 Å². The van der Waals surface area contributed by atoms with Crippen molar-refractivity contribution in [1.82, 2.24) is 0 Å². The van der Waals surface area contributed by atoms with Crippen molar-refractivity contribution in [2.24, 2.45) is 0 Å². The summed E-state index contributed by atoms with van der Waals surface area (Å²) in [6.45, 7) is 12.0. The molecule has 0 aliphatic carbocycles. The average molecular weight is 332 g/mol. The summed E-state index contributed by atoms with van der Waals surface area (Å²) in [7, 11) is 0. The summed E-state index contributed by atoms with van der Waals surface area (Å²) >= 11 is 0. The lowest BCUT2D eigenvalue weighted by molar-refractivity contribution is -0.241. The van der Waals surface area contributed by atoms with Crippen LogP contribution in [0.25, 0.3) is 0 Å². The summed E-state index contributed by atoms with van der Waals surface area (Å²) in [6.07, 6.45) is 1.62. The molecule has 0 bridgehead atoms. The molecule has 136 valence electrons. The SMILES string of the molecule is CCOC(CC)(CC)OC(=O)CC(=O)OC(CC)(CC)OCC. The number of rotatable bonds is 12. The number of hydrogen-bond donors (Lipinski definition) is 0. The first-order valence-corrected chi connectivity index (χ1v) is 8.57. The molecule has 0 heterocycles. The Morgan fingerprint density at radius 3 is 1.17 bits per heavy atom. The third-order valence-corrected chi connectivity index (χ3v) is 3.86. The highest BCUT2D eigenvalue weighted by Crippen LogP contribution is 2.25. The minimum Gasteiger partial charge on any atom is -0.433 e. The van der Waals surface area contributed by atoms with Crippen LogP contribution < -0.4 is 0 Å². The van der Waals surface area contributed by atoms with Gasteiger partial charge in [0, 0.05) is 38.9 Å². The van der Waals surface area contributed by atoms with Crippen molar-refractivity contribution >= 4 is 11.9 Å². The first-order valence-electron chi connectivity index (χ1n) is 8.57. The van der Waals surface area contributed by atoms with Gasteiger partial charge in [-0.05, 0) is 13.8 Å². The third kappa shape index (κ3) is 6.87. The van der Waals surface area contributed by atoms with Crippen molar-refractivity contribution in [2.45, 2.75) is 85.2 Å². The largest absolute Gasteiger partial charge is 0.433 e. The van der Waals surface area contributed by atoms with Gasteiger partial charge in [0.15, 0.2) is 0 Å². The molecule has 0 atom stereocenters. The molecule has 0 N–H and O–H groups in total. The molecule has 0 aliphatic rings. The van der Waals surface area contributed by atoms with Gasteiger partial charge >= 0.3 is 11.9 Å². The third-order valence-electron chi connectivity index (χ3n) is 3.86. The first-order chi connectivity index (χ1) is 10.9. The Morgan fingerprint density at radius 1 is 0.652 bits per heavy atom. The van der Waals surface area contributed by atoms with Gasteiger partial charge in [-0.1, -0.05) is 27.7 Å². The van der Waals surface area contributed by atoms with Gasteiger partial charge in [-0.15, -0.1) is 0 Å². The fraction of sp³-hybridized carbons (Fsp3) is 0.882. The Labute approximate surface area is 139 Å². The predicted octanol–water partition coefficient (Wildman–Crippen LogP) is 3.57. The minimum atomic E-state index is -0.974. The van der Waals surface area contributed by atoms with Gasteiger partial charge < -0.3 is 18.9 Å². The van der Waals surface area contributed by atoms with Gasteiger partial charge in [-0.2, -0.15) is 0 Å². The number of ether oxygens (including phenoxy) is 4. The van der Waals surface area contributed by atoms with E-state index < -0.39 is 29.9 Å². The monoisotopic (exact) mass is 332 g/mol. The van der Waals surface area contributed by atoms with Gasteiger partial charge in [0.2, 0.25) is 11.6 Å². The molecule has 6 nitrogen and oxygen atoms in total. The number of esters is 2. The van der Waals surface area contributed by atoms with Gasteiger partial charge in [-0.3, -0.25) is 9.59 Å². The molecule has 0 aliphatic heterocycles. The molecule has 0 saturated carbocycles. The highest BCUT2D eigenvalue weighted by atomic mass is 16.7. The molecule has 0 unspecified atom stereocenters. The Kier molecular flexibility index (Phi) is 10.1. The molecular formula is C17H32O6. The van der Waals surface area contributed by atoms with E-state index in [-0.39, 0.29) is 0 Å². The smallest absolute Gasteiger partial charge is 0.319 e. The average Bonchev–Trinajstić information content (AvgIpc) is 2.53. The van der Waals surface area contributed by atoms with E-state index in [1.54, 1.807) is 0 Å². The van der Waals surface area contributed by atoms with Crippen LogP contribution in [0, 0.1) is 0 Å². The standard InChI is InChI=1S/C17H32O6/c1-7-16(8-2,20-11-5)22-14(18)13-15(19)23-17(9-3,10-4)21-12-6/h7-13H2,1-6H3. The van der Waals surface area contributed by atoms with Crippen molar-refractivity contribution in [3.8, 4) is 0 Å². The Morgan fingerprint density at radius 2 is 0.957 bits per heavy atom. The molecular weight excluding hydrogens is 300 g/mol. The number of hydrogen-bond acceptors (Lipinski definition) is 6. The van der Waals surface area contributed by atoms with Crippen LogP contribution >= 0.6 is 0 Å². The Bertz CT molecular complexity index is 324. The predicted molar refractivity (Wildman–Crippen MR) is 86.7 cm³/mol. The first kappa shape index (κ1) is 21.9. The van der Waals surface area contributed by atoms with Crippen LogP contribution in [0.1, 0.15) is 73.6 Å². The topological polar surface area (TPSA) is 71.1 Å². The van der Waals surface area contributed by atoms with E-state index in [1.165, 1.54) is 0 Å². The van der Waals surface area contributed by atoms with Crippen LogP contribution in [-0.4, -0.2) is 36.7 Å². The summed E-state index contributed by atoms with van der Waals surface area (Å²) < 4.78 is 21.9. The van der Waals surface area contributed by atoms with Crippen LogP contribution in [-0.2, 0) is 28.5 Å². The summed E-state index contributed by atoms with van der Waals surface area (Å²) in [5, 5.41) is 0. The van der Waals surface area contributed by atoms with Crippen molar-refractivity contribution in [3.05, 3.63) is 0 Å². The molecule has 6 heteroatoms. The second-order valence-electron chi connectivity index (χ2n) is 5.23. The van der Waals surface area contributed by atoms with E-state index in [9.17, 15) is 9.59 Å². The van der Waals surface area contributed by atoms with Crippen LogP contribution in [0.5, 0.6) is 0 Å². The van der Waals surface area contributed by atoms with Gasteiger partial charge in [0.25, 0.3) is 0 Å². The maximum absolute atomic E-state index is 12.0. The molecule has 0 aromatic rings. The fourth-order valence-corrected chi connectivity index (χ4v) is 2.39. The highest BCUT2D eigenvalue weighted by molar-refractivity contribution is 5.91. The maximum atomic E-state index is 12.0. The minimum absolute atomic E-state index is 0.429. The zero-order valence-corrected chi connectivity index (χ0v) is 15.4. The lowest BCUT2D eigenvalue weighted by Gasteiger charge is -2.32. The Hall–Kier alpha value is -1.14. The fourth-order valence-electron chi connectivity index (χ4n) is 2.39. The second kappa shape index (κ2) is 10.6. The van der Waals surface area contributed by atoms with Crippen molar-refractivity contribution in [3.63, 3.8) is 0 Å². The van der Waals surface area contributed by atoms with Crippen molar-refractivity contribution in [1.29, 1.82) is 0 Å². The highest BCUT2D eigenvalue weighted by Gasteiger charge is 2.35. The van der Waals surface area contributed by atoms with Crippen molar-refractivity contribution in [2.75, 3.05) is 13.2 Å². The van der Waals surface area contributed by atoms with Crippen LogP contribution in [0.3, 0.4) is 0 Å². The van der Waals surface area contributed by atoms with E-state index in [0.29, 0.717) is 38.9 Å². The van der Waals surface area contributed by atoms with E-state index in [2.05, 4.69) is 0 Å². The quantitative estimate of drug-likeness (QED) is 0.309. The molecule has 0 saturated heterocycles. The lowest BCUT2D eigenvalue weighted by atomic mass is 10.1. The molecule has 0 amide bonds. The zero-order chi connectivity index (χ0) is 17.9. The summed E-state index contributed by atoms with van der Waals surface area (Å²) in [5.41, 5.74) is 0. The van der Waals surface area contributed by atoms with Gasteiger partial charge in [0.1, 0.15) is 6.42 Å². The molecule has 0 radical (unpaired) electrons. The van der Waals surface area contributed by atoms with Gasteiger partial charge in [0.05, 0.1) is 0 Å².